The lowest BCUT2D eigenvalue weighted by Gasteiger charge is -2.30. The zero-order valence-electron chi connectivity index (χ0n) is 11.9. The second-order valence-electron chi connectivity index (χ2n) is 5.13. The molecule has 2 aromatic heterocycles. The molecule has 0 bridgehead atoms. The Morgan fingerprint density at radius 2 is 2.14 bits per heavy atom. The summed E-state index contributed by atoms with van der Waals surface area (Å²) in [5, 5.41) is 9.97. The summed E-state index contributed by atoms with van der Waals surface area (Å²) in [4.78, 5) is 8.36. The van der Waals surface area contributed by atoms with Gasteiger partial charge in [-0.1, -0.05) is 0 Å². The van der Waals surface area contributed by atoms with Crippen LogP contribution in [0.25, 0.3) is 11.0 Å². The van der Waals surface area contributed by atoms with E-state index in [0.717, 1.165) is 16.7 Å². The number of hydrogen-bond donors (Lipinski definition) is 1. The van der Waals surface area contributed by atoms with Gasteiger partial charge in [-0.05, 0) is 6.07 Å². The molecular weight excluding hydrogens is 294 g/mol. The van der Waals surface area contributed by atoms with Gasteiger partial charge in [0, 0.05) is 44.5 Å². The third-order valence-corrected chi connectivity index (χ3v) is 5.50. The standard InChI is InChI=1S/C12H17N5O3S/c1-15(2)21(19,20)16-3-4-17-10(7-16)5-9-6-13-11(8-18)14-12(9)17/h5-6,18H,3-4,7-8H2,1-2H3. The first-order valence-corrected chi connectivity index (χ1v) is 7.95. The van der Waals surface area contributed by atoms with Crippen LogP contribution in [0.5, 0.6) is 0 Å². The molecule has 3 heterocycles. The van der Waals surface area contributed by atoms with Crippen molar-refractivity contribution in [2.75, 3.05) is 20.6 Å². The largest absolute Gasteiger partial charge is 0.388 e. The quantitative estimate of drug-likeness (QED) is 0.828. The van der Waals surface area contributed by atoms with E-state index in [4.69, 9.17) is 5.11 Å². The normalized spacial score (nSPS) is 16.6. The van der Waals surface area contributed by atoms with Crippen molar-refractivity contribution in [3.63, 3.8) is 0 Å². The number of aliphatic hydroxyl groups excluding tert-OH is 1. The topological polar surface area (TPSA) is 91.6 Å². The average molecular weight is 311 g/mol. The first-order chi connectivity index (χ1) is 9.93. The van der Waals surface area contributed by atoms with Gasteiger partial charge in [0.2, 0.25) is 0 Å². The molecule has 0 saturated carbocycles. The molecule has 0 atom stereocenters. The molecule has 21 heavy (non-hydrogen) atoms. The second kappa shape index (κ2) is 5.02. The molecular formula is C12H17N5O3S. The highest BCUT2D eigenvalue weighted by Gasteiger charge is 2.29. The third kappa shape index (κ3) is 2.31. The molecule has 2 aromatic rings. The summed E-state index contributed by atoms with van der Waals surface area (Å²) in [6, 6.07) is 1.90. The van der Waals surface area contributed by atoms with Crippen molar-refractivity contribution in [3.05, 3.63) is 23.8 Å². The van der Waals surface area contributed by atoms with Crippen LogP contribution in [0.4, 0.5) is 0 Å². The second-order valence-corrected chi connectivity index (χ2v) is 7.28. The van der Waals surface area contributed by atoms with Gasteiger partial charge in [-0.3, -0.25) is 0 Å². The number of aliphatic hydroxyl groups is 1. The molecule has 1 aliphatic heterocycles. The number of fused-ring (bicyclic) bond motifs is 3. The number of hydrogen-bond acceptors (Lipinski definition) is 5. The number of nitrogens with zero attached hydrogens (tertiary/aromatic N) is 5. The summed E-state index contributed by atoms with van der Waals surface area (Å²) in [7, 11) is -0.363. The Balaban J connectivity index is 2.01. The Labute approximate surface area is 122 Å². The molecule has 1 aliphatic rings. The van der Waals surface area contributed by atoms with E-state index in [1.807, 2.05) is 10.6 Å². The SMILES string of the molecule is CN(C)S(=O)(=O)N1CCn2c(cc3cnc(CO)nc32)C1. The smallest absolute Gasteiger partial charge is 0.281 e. The Bertz CT molecular complexity index is 784. The monoisotopic (exact) mass is 311 g/mol. The van der Waals surface area contributed by atoms with Gasteiger partial charge in [-0.15, -0.1) is 0 Å². The molecule has 0 aromatic carbocycles. The van der Waals surface area contributed by atoms with Crippen LogP contribution in [-0.2, 0) is 29.9 Å². The first-order valence-electron chi connectivity index (χ1n) is 6.56. The predicted molar refractivity (Wildman–Crippen MR) is 76.5 cm³/mol. The van der Waals surface area contributed by atoms with Crippen LogP contribution in [0.15, 0.2) is 12.3 Å². The van der Waals surface area contributed by atoms with Crippen molar-refractivity contribution in [1.82, 2.24) is 23.1 Å². The molecule has 0 aliphatic carbocycles. The summed E-state index contributed by atoms with van der Waals surface area (Å²) in [6.07, 6.45) is 1.66. The Kier molecular flexibility index (Phi) is 3.44. The van der Waals surface area contributed by atoms with Crippen LogP contribution in [0.1, 0.15) is 11.5 Å². The van der Waals surface area contributed by atoms with Crippen molar-refractivity contribution in [3.8, 4) is 0 Å². The van der Waals surface area contributed by atoms with E-state index in [-0.39, 0.29) is 6.61 Å². The highest BCUT2D eigenvalue weighted by Crippen LogP contribution is 2.24. The first kappa shape index (κ1) is 14.4. The van der Waals surface area contributed by atoms with Gasteiger partial charge in [0.05, 0.1) is 6.54 Å². The van der Waals surface area contributed by atoms with Gasteiger partial charge in [0.15, 0.2) is 5.82 Å². The molecule has 0 amide bonds. The number of rotatable bonds is 3. The van der Waals surface area contributed by atoms with Gasteiger partial charge in [-0.25, -0.2) is 9.97 Å². The van der Waals surface area contributed by atoms with E-state index in [1.165, 1.54) is 22.7 Å². The molecule has 0 radical (unpaired) electrons. The molecule has 1 N–H and O–H groups in total. The molecule has 3 rings (SSSR count). The van der Waals surface area contributed by atoms with Gasteiger partial charge >= 0.3 is 0 Å². The maximum Gasteiger partial charge on any atom is 0.281 e. The predicted octanol–water partition coefficient (Wildman–Crippen LogP) is -0.454. The Morgan fingerprint density at radius 1 is 1.38 bits per heavy atom. The third-order valence-electron chi connectivity index (χ3n) is 3.61. The van der Waals surface area contributed by atoms with Crippen LogP contribution in [0.2, 0.25) is 0 Å². The minimum absolute atomic E-state index is 0.211. The van der Waals surface area contributed by atoms with Crippen LogP contribution < -0.4 is 0 Å². The average Bonchev–Trinajstić information content (AvgIpc) is 2.83. The fourth-order valence-electron chi connectivity index (χ4n) is 2.48. The van der Waals surface area contributed by atoms with Crippen molar-refractivity contribution in [2.45, 2.75) is 19.7 Å². The summed E-state index contributed by atoms with van der Waals surface area (Å²) in [5.74, 6) is 0.367. The molecule has 114 valence electrons. The van der Waals surface area contributed by atoms with Crippen LogP contribution >= 0.6 is 0 Å². The van der Waals surface area contributed by atoms with Crippen LogP contribution in [0, 0.1) is 0 Å². The fraction of sp³-hybridized carbons (Fsp3) is 0.500. The van der Waals surface area contributed by atoms with Crippen molar-refractivity contribution in [1.29, 1.82) is 0 Å². The lowest BCUT2D eigenvalue weighted by Crippen LogP contribution is -2.43. The summed E-state index contributed by atoms with van der Waals surface area (Å²) in [6.45, 7) is 1.03. The minimum Gasteiger partial charge on any atom is -0.388 e. The summed E-state index contributed by atoms with van der Waals surface area (Å²) in [5.41, 5.74) is 1.62. The van der Waals surface area contributed by atoms with Crippen molar-refractivity contribution >= 4 is 21.2 Å². The Hall–Kier alpha value is -1.55. The van der Waals surface area contributed by atoms with E-state index in [2.05, 4.69) is 9.97 Å². The van der Waals surface area contributed by atoms with E-state index < -0.39 is 10.2 Å². The van der Waals surface area contributed by atoms with E-state index in [0.29, 0.717) is 25.5 Å². The van der Waals surface area contributed by atoms with Crippen LogP contribution in [0.3, 0.4) is 0 Å². The molecule has 8 nitrogen and oxygen atoms in total. The fourth-order valence-corrected chi connectivity index (χ4v) is 3.55. The molecule has 0 spiro atoms. The van der Waals surface area contributed by atoms with Gasteiger partial charge < -0.3 is 9.67 Å². The zero-order chi connectivity index (χ0) is 15.2. The Morgan fingerprint density at radius 3 is 2.81 bits per heavy atom. The summed E-state index contributed by atoms with van der Waals surface area (Å²) < 4.78 is 29.0. The van der Waals surface area contributed by atoms with Gasteiger partial charge in [-0.2, -0.15) is 17.0 Å². The highest BCUT2D eigenvalue weighted by atomic mass is 32.2. The number of aromatic nitrogens is 3. The minimum atomic E-state index is -3.42. The molecule has 9 heteroatoms. The van der Waals surface area contributed by atoms with E-state index >= 15 is 0 Å². The molecule has 0 fully saturated rings. The van der Waals surface area contributed by atoms with Crippen molar-refractivity contribution in [2.24, 2.45) is 0 Å². The lowest BCUT2D eigenvalue weighted by atomic mass is 10.3. The van der Waals surface area contributed by atoms with Crippen LogP contribution in [-0.4, -0.2) is 57.3 Å². The molecule has 0 unspecified atom stereocenters. The maximum absolute atomic E-state index is 12.2. The van der Waals surface area contributed by atoms with Crippen molar-refractivity contribution < 1.29 is 13.5 Å². The lowest BCUT2D eigenvalue weighted by molar-refractivity contribution is 0.271. The van der Waals surface area contributed by atoms with E-state index in [1.54, 1.807) is 6.20 Å². The van der Waals surface area contributed by atoms with Gasteiger partial charge in [0.25, 0.3) is 10.2 Å². The van der Waals surface area contributed by atoms with Gasteiger partial charge in [0.1, 0.15) is 12.3 Å². The summed E-state index contributed by atoms with van der Waals surface area (Å²) >= 11 is 0. The zero-order valence-corrected chi connectivity index (χ0v) is 12.7. The highest BCUT2D eigenvalue weighted by molar-refractivity contribution is 7.86. The maximum atomic E-state index is 12.2. The molecule has 0 saturated heterocycles. The van der Waals surface area contributed by atoms with E-state index in [9.17, 15) is 8.42 Å².